The number of nitro groups is 1. The lowest BCUT2D eigenvalue weighted by Crippen LogP contribution is -2.46. The van der Waals surface area contributed by atoms with Crippen LogP contribution >= 0.6 is 15.9 Å². The van der Waals surface area contributed by atoms with Crippen molar-refractivity contribution in [3.05, 3.63) is 32.8 Å². The summed E-state index contributed by atoms with van der Waals surface area (Å²) >= 11 is 3.13. The standard InChI is InChI=1S/C12H16BrN3O4S/c1-14-10-3-2-6-15(8-10)21(19,20)12-5-4-9(13)7-11(12)16(17)18/h4-5,7,10,14H,2-3,6,8H2,1H3. The van der Waals surface area contributed by atoms with E-state index >= 15 is 0 Å². The Balaban J connectivity index is 2.42. The van der Waals surface area contributed by atoms with Gasteiger partial charge < -0.3 is 5.32 Å². The van der Waals surface area contributed by atoms with Crippen molar-refractivity contribution in [2.24, 2.45) is 0 Å². The maximum atomic E-state index is 12.7. The number of hydrogen-bond acceptors (Lipinski definition) is 5. The van der Waals surface area contributed by atoms with E-state index in [0.717, 1.165) is 12.8 Å². The number of nitrogens with zero attached hydrogens (tertiary/aromatic N) is 2. The Hall–Kier alpha value is -1.03. The average Bonchev–Trinajstić information content (AvgIpc) is 2.46. The van der Waals surface area contributed by atoms with Crippen molar-refractivity contribution in [1.29, 1.82) is 0 Å². The summed E-state index contributed by atoms with van der Waals surface area (Å²) in [6, 6.07) is 4.06. The summed E-state index contributed by atoms with van der Waals surface area (Å²) in [6.07, 6.45) is 1.63. The van der Waals surface area contributed by atoms with Gasteiger partial charge in [0.15, 0.2) is 4.90 Å². The largest absolute Gasteiger partial charge is 0.316 e. The Labute approximate surface area is 131 Å². The van der Waals surface area contributed by atoms with Gasteiger partial charge in [0, 0.05) is 29.7 Å². The maximum absolute atomic E-state index is 12.7. The monoisotopic (exact) mass is 377 g/mol. The number of nitro benzene ring substituents is 1. The lowest BCUT2D eigenvalue weighted by molar-refractivity contribution is -0.387. The van der Waals surface area contributed by atoms with Crippen molar-refractivity contribution in [1.82, 2.24) is 9.62 Å². The minimum Gasteiger partial charge on any atom is -0.316 e. The van der Waals surface area contributed by atoms with E-state index in [1.165, 1.54) is 22.5 Å². The summed E-state index contributed by atoms with van der Waals surface area (Å²) in [7, 11) is -2.09. The Bertz CT molecular complexity index is 650. The van der Waals surface area contributed by atoms with Crippen molar-refractivity contribution in [3.63, 3.8) is 0 Å². The highest BCUT2D eigenvalue weighted by molar-refractivity contribution is 9.10. The van der Waals surface area contributed by atoms with Crippen LogP contribution in [0.3, 0.4) is 0 Å². The minimum absolute atomic E-state index is 0.0722. The molecule has 0 spiro atoms. The van der Waals surface area contributed by atoms with Crippen molar-refractivity contribution >= 4 is 31.6 Å². The first-order chi connectivity index (χ1) is 9.86. The quantitative estimate of drug-likeness (QED) is 0.636. The molecule has 0 bridgehead atoms. The van der Waals surface area contributed by atoms with Gasteiger partial charge in [0.05, 0.1) is 4.92 Å². The molecule has 0 saturated carbocycles. The highest BCUT2D eigenvalue weighted by atomic mass is 79.9. The van der Waals surface area contributed by atoms with E-state index in [1.54, 1.807) is 7.05 Å². The summed E-state index contributed by atoms with van der Waals surface area (Å²) in [4.78, 5) is 10.2. The Morgan fingerprint density at radius 2 is 2.19 bits per heavy atom. The summed E-state index contributed by atoms with van der Waals surface area (Å²) in [6.45, 7) is 0.708. The van der Waals surface area contributed by atoms with Gasteiger partial charge in [0.1, 0.15) is 0 Å². The predicted octanol–water partition coefficient (Wildman–Crippen LogP) is 1.73. The van der Waals surface area contributed by atoms with Crippen molar-refractivity contribution in [3.8, 4) is 0 Å². The van der Waals surface area contributed by atoms with Gasteiger partial charge in [0.2, 0.25) is 10.0 Å². The first kappa shape index (κ1) is 16.3. The van der Waals surface area contributed by atoms with Crippen LogP contribution in [0.5, 0.6) is 0 Å². The van der Waals surface area contributed by atoms with Crippen LogP contribution in [0.1, 0.15) is 12.8 Å². The molecule has 7 nitrogen and oxygen atoms in total. The van der Waals surface area contributed by atoms with E-state index < -0.39 is 20.6 Å². The number of halogens is 1. The molecule has 1 saturated heterocycles. The first-order valence-electron chi connectivity index (χ1n) is 6.47. The van der Waals surface area contributed by atoms with Crippen LogP contribution in [0.25, 0.3) is 0 Å². The molecule has 1 heterocycles. The first-order valence-corrected chi connectivity index (χ1v) is 8.71. The second kappa shape index (κ2) is 6.39. The van der Waals surface area contributed by atoms with Crippen molar-refractivity contribution in [2.45, 2.75) is 23.8 Å². The third kappa shape index (κ3) is 3.42. The molecule has 1 atom stereocenters. The highest BCUT2D eigenvalue weighted by Gasteiger charge is 2.34. The fourth-order valence-electron chi connectivity index (χ4n) is 2.39. The number of piperidine rings is 1. The zero-order valence-electron chi connectivity index (χ0n) is 11.5. The molecule has 116 valence electrons. The summed E-state index contributed by atoms with van der Waals surface area (Å²) < 4.78 is 27.1. The minimum atomic E-state index is -3.87. The van der Waals surface area contributed by atoms with Crippen LogP contribution in [0.4, 0.5) is 5.69 Å². The number of nitrogens with one attached hydrogen (secondary N) is 1. The molecular formula is C12H16BrN3O4S. The third-order valence-corrected chi connectivity index (χ3v) is 5.93. The number of rotatable bonds is 4. The van der Waals surface area contributed by atoms with E-state index in [1.807, 2.05) is 0 Å². The van der Waals surface area contributed by atoms with Gasteiger partial charge in [-0.05, 0) is 32.0 Å². The predicted molar refractivity (Wildman–Crippen MR) is 81.6 cm³/mol. The summed E-state index contributed by atoms with van der Waals surface area (Å²) in [5.74, 6) is 0. The fraction of sp³-hybridized carbons (Fsp3) is 0.500. The average molecular weight is 378 g/mol. The molecular weight excluding hydrogens is 362 g/mol. The van der Waals surface area contributed by atoms with E-state index in [9.17, 15) is 18.5 Å². The molecule has 1 aromatic carbocycles. The molecule has 1 aromatic rings. The molecule has 1 fully saturated rings. The fourth-order valence-corrected chi connectivity index (χ4v) is 4.40. The normalized spacial score (nSPS) is 20.4. The summed E-state index contributed by atoms with van der Waals surface area (Å²) in [5.41, 5.74) is -0.407. The van der Waals surface area contributed by atoms with E-state index in [4.69, 9.17) is 0 Å². The molecule has 1 aliphatic heterocycles. The molecule has 1 aliphatic rings. The Kier molecular flexibility index (Phi) is 4.97. The summed E-state index contributed by atoms with van der Waals surface area (Å²) in [5, 5.41) is 14.2. The van der Waals surface area contributed by atoms with Gasteiger partial charge >= 0.3 is 0 Å². The molecule has 0 radical (unpaired) electrons. The Morgan fingerprint density at radius 3 is 2.81 bits per heavy atom. The number of benzene rings is 1. The molecule has 1 unspecified atom stereocenters. The van der Waals surface area contributed by atoms with Crippen LogP contribution in [-0.4, -0.2) is 43.8 Å². The van der Waals surface area contributed by atoms with Crippen LogP contribution in [0.2, 0.25) is 0 Å². The van der Waals surface area contributed by atoms with Crippen LogP contribution < -0.4 is 5.32 Å². The molecule has 9 heteroatoms. The lowest BCUT2D eigenvalue weighted by atomic mass is 10.1. The smallest absolute Gasteiger partial charge is 0.290 e. The van der Waals surface area contributed by atoms with Crippen LogP contribution in [-0.2, 0) is 10.0 Å². The van der Waals surface area contributed by atoms with E-state index in [0.29, 0.717) is 17.6 Å². The van der Waals surface area contributed by atoms with Gasteiger partial charge in [-0.15, -0.1) is 0 Å². The molecule has 0 aliphatic carbocycles. The van der Waals surface area contributed by atoms with Crippen molar-refractivity contribution in [2.75, 3.05) is 20.1 Å². The number of sulfonamides is 1. The van der Waals surface area contributed by atoms with Crippen molar-refractivity contribution < 1.29 is 13.3 Å². The zero-order chi connectivity index (χ0) is 15.6. The van der Waals surface area contributed by atoms with Crippen LogP contribution in [0, 0.1) is 10.1 Å². The molecule has 21 heavy (non-hydrogen) atoms. The van der Waals surface area contributed by atoms with Gasteiger partial charge in [-0.25, -0.2) is 8.42 Å². The van der Waals surface area contributed by atoms with Gasteiger partial charge in [0.25, 0.3) is 5.69 Å². The van der Waals surface area contributed by atoms with E-state index in [2.05, 4.69) is 21.2 Å². The molecule has 2 rings (SSSR count). The molecule has 0 amide bonds. The number of likely N-dealkylation sites (N-methyl/N-ethyl adjacent to an activating group) is 1. The van der Waals surface area contributed by atoms with Crippen LogP contribution in [0.15, 0.2) is 27.6 Å². The van der Waals surface area contributed by atoms with Gasteiger partial charge in [-0.1, -0.05) is 15.9 Å². The topological polar surface area (TPSA) is 92.6 Å². The van der Waals surface area contributed by atoms with Gasteiger partial charge in [-0.3, -0.25) is 10.1 Å². The third-order valence-electron chi connectivity index (χ3n) is 3.53. The highest BCUT2D eigenvalue weighted by Crippen LogP contribution is 2.30. The lowest BCUT2D eigenvalue weighted by Gasteiger charge is -2.31. The Morgan fingerprint density at radius 1 is 1.48 bits per heavy atom. The SMILES string of the molecule is CNC1CCCN(S(=O)(=O)c2ccc(Br)cc2[N+](=O)[O-])C1. The van der Waals surface area contributed by atoms with E-state index in [-0.39, 0.29) is 10.9 Å². The molecule has 0 aromatic heterocycles. The maximum Gasteiger partial charge on any atom is 0.290 e. The zero-order valence-corrected chi connectivity index (χ0v) is 13.9. The van der Waals surface area contributed by atoms with Gasteiger partial charge in [-0.2, -0.15) is 4.31 Å². The molecule has 1 N–H and O–H groups in total. The second-order valence-corrected chi connectivity index (χ2v) is 7.68. The number of hydrogen-bond donors (Lipinski definition) is 1. The second-order valence-electron chi connectivity index (χ2n) is 4.86.